The normalized spacial score (nSPS) is 16.8. The van der Waals surface area contributed by atoms with Gasteiger partial charge in [0, 0.05) is 30.8 Å². The highest BCUT2D eigenvalue weighted by atomic mass is 19.1. The number of nitrogens with zero attached hydrogens (tertiary/aromatic N) is 2. The summed E-state index contributed by atoms with van der Waals surface area (Å²) in [6.07, 6.45) is 1.93. The first-order valence-corrected chi connectivity index (χ1v) is 9.53. The fourth-order valence-electron chi connectivity index (χ4n) is 3.64. The SMILES string of the molecule is Cc1ccccc1C(=O)N[C@H]1CCCN(c2cc(-c3ccc(F)cc3)[nH]n2)C1. The minimum Gasteiger partial charge on any atom is -0.353 e. The van der Waals surface area contributed by atoms with Gasteiger partial charge in [0.25, 0.3) is 5.91 Å². The van der Waals surface area contributed by atoms with Gasteiger partial charge in [0.05, 0.1) is 5.69 Å². The molecule has 1 amide bonds. The van der Waals surface area contributed by atoms with Crippen LogP contribution < -0.4 is 10.2 Å². The Morgan fingerprint density at radius 3 is 2.79 bits per heavy atom. The van der Waals surface area contributed by atoms with Crippen LogP contribution in [0.15, 0.2) is 54.6 Å². The predicted octanol–water partition coefficient (Wildman–Crippen LogP) is 3.92. The molecule has 0 aliphatic carbocycles. The quantitative estimate of drug-likeness (QED) is 0.723. The molecule has 1 aliphatic heterocycles. The molecule has 0 unspecified atom stereocenters. The number of nitrogens with one attached hydrogen (secondary N) is 2. The molecule has 0 saturated carbocycles. The van der Waals surface area contributed by atoms with E-state index in [1.54, 1.807) is 12.1 Å². The molecule has 144 valence electrons. The maximum Gasteiger partial charge on any atom is 0.251 e. The third-order valence-electron chi connectivity index (χ3n) is 5.19. The fraction of sp³-hybridized carbons (Fsp3) is 0.273. The predicted molar refractivity (Wildman–Crippen MR) is 108 cm³/mol. The molecule has 2 heterocycles. The van der Waals surface area contributed by atoms with E-state index in [4.69, 9.17) is 0 Å². The van der Waals surface area contributed by atoms with Gasteiger partial charge >= 0.3 is 0 Å². The third-order valence-corrected chi connectivity index (χ3v) is 5.19. The van der Waals surface area contributed by atoms with Gasteiger partial charge in [0.15, 0.2) is 5.82 Å². The summed E-state index contributed by atoms with van der Waals surface area (Å²) in [5.74, 6) is 0.555. The number of aromatic nitrogens is 2. The lowest BCUT2D eigenvalue weighted by Gasteiger charge is -2.33. The van der Waals surface area contributed by atoms with Crippen LogP contribution in [-0.2, 0) is 0 Å². The Hall–Kier alpha value is -3.15. The largest absolute Gasteiger partial charge is 0.353 e. The summed E-state index contributed by atoms with van der Waals surface area (Å²) in [6.45, 7) is 3.55. The van der Waals surface area contributed by atoms with E-state index in [0.717, 1.165) is 47.6 Å². The Morgan fingerprint density at radius 2 is 2.00 bits per heavy atom. The van der Waals surface area contributed by atoms with E-state index in [9.17, 15) is 9.18 Å². The number of aryl methyl sites for hydroxylation is 1. The Kier molecular flexibility index (Phi) is 5.10. The standard InChI is InChI=1S/C22H23FN4O/c1-15-5-2-3-7-19(15)22(28)24-18-6-4-12-27(14-18)21-13-20(25-26-21)16-8-10-17(23)11-9-16/h2-3,5,7-11,13,18H,4,6,12,14H2,1H3,(H,24,28)(H,25,26)/t18-/m0/s1. The molecular formula is C22H23FN4O. The maximum atomic E-state index is 13.1. The second kappa shape index (κ2) is 7.84. The monoisotopic (exact) mass is 378 g/mol. The first-order valence-electron chi connectivity index (χ1n) is 9.53. The van der Waals surface area contributed by atoms with Crippen molar-refractivity contribution in [1.29, 1.82) is 0 Å². The van der Waals surface area contributed by atoms with Gasteiger partial charge in [0.1, 0.15) is 5.82 Å². The second-order valence-electron chi connectivity index (χ2n) is 7.22. The van der Waals surface area contributed by atoms with E-state index < -0.39 is 0 Å². The number of rotatable bonds is 4. The molecule has 2 aromatic carbocycles. The Labute approximate surface area is 163 Å². The average Bonchev–Trinajstić information content (AvgIpc) is 3.19. The van der Waals surface area contributed by atoms with Crippen LogP contribution in [0.2, 0.25) is 0 Å². The lowest BCUT2D eigenvalue weighted by atomic mass is 10.0. The molecule has 3 aromatic rings. The van der Waals surface area contributed by atoms with Crippen molar-refractivity contribution in [3.8, 4) is 11.3 Å². The molecule has 0 spiro atoms. The van der Waals surface area contributed by atoms with Crippen molar-refractivity contribution in [2.75, 3.05) is 18.0 Å². The number of hydrogen-bond acceptors (Lipinski definition) is 3. The van der Waals surface area contributed by atoms with Crippen molar-refractivity contribution >= 4 is 11.7 Å². The van der Waals surface area contributed by atoms with E-state index in [-0.39, 0.29) is 17.8 Å². The third kappa shape index (κ3) is 3.91. The molecule has 4 rings (SSSR count). The molecule has 6 heteroatoms. The first-order chi connectivity index (χ1) is 13.6. The molecule has 1 aliphatic rings. The Balaban J connectivity index is 1.43. The minimum absolute atomic E-state index is 0.0287. The molecule has 1 aromatic heterocycles. The van der Waals surface area contributed by atoms with Crippen LogP contribution in [0.5, 0.6) is 0 Å². The number of hydrogen-bond donors (Lipinski definition) is 2. The average molecular weight is 378 g/mol. The van der Waals surface area contributed by atoms with Crippen molar-refractivity contribution in [2.45, 2.75) is 25.8 Å². The number of halogens is 1. The van der Waals surface area contributed by atoms with Crippen molar-refractivity contribution < 1.29 is 9.18 Å². The molecule has 2 N–H and O–H groups in total. The van der Waals surface area contributed by atoms with Crippen molar-refractivity contribution in [2.24, 2.45) is 0 Å². The molecule has 5 nitrogen and oxygen atoms in total. The Bertz CT molecular complexity index is 967. The van der Waals surface area contributed by atoms with Crippen LogP contribution in [0.4, 0.5) is 10.2 Å². The smallest absolute Gasteiger partial charge is 0.251 e. The van der Waals surface area contributed by atoms with E-state index in [1.807, 2.05) is 37.3 Å². The summed E-state index contributed by atoms with van der Waals surface area (Å²) in [7, 11) is 0. The highest BCUT2D eigenvalue weighted by molar-refractivity contribution is 5.95. The van der Waals surface area contributed by atoms with Gasteiger partial charge in [-0.25, -0.2) is 4.39 Å². The number of H-pyrrole nitrogens is 1. The topological polar surface area (TPSA) is 61.0 Å². The Morgan fingerprint density at radius 1 is 1.21 bits per heavy atom. The number of piperidine rings is 1. The molecule has 1 saturated heterocycles. The van der Waals surface area contributed by atoms with Crippen LogP contribution in [0.1, 0.15) is 28.8 Å². The molecular weight excluding hydrogens is 355 g/mol. The number of aromatic amines is 1. The van der Waals surface area contributed by atoms with E-state index >= 15 is 0 Å². The highest BCUT2D eigenvalue weighted by Crippen LogP contribution is 2.24. The summed E-state index contributed by atoms with van der Waals surface area (Å²) in [5.41, 5.74) is 3.43. The summed E-state index contributed by atoms with van der Waals surface area (Å²) in [5, 5.41) is 10.6. The zero-order valence-electron chi connectivity index (χ0n) is 15.8. The zero-order valence-corrected chi connectivity index (χ0v) is 15.8. The van der Waals surface area contributed by atoms with Crippen LogP contribution in [0, 0.1) is 12.7 Å². The summed E-state index contributed by atoms with van der Waals surface area (Å²) < 4.78 is 13.1. The van der Waals surface area contributed by atoms with Gasteiger partial charge in [-0.1, -0.05) is 18.2 Å². The second-order valence-corrected chi connectivity index (χ2v) is 7.22. The number of carbonyl (C=O) groups is 1. The molecule has 0 bridgehead atoms. The van der Waals surface area contributed by atoms with Crippen molar-refractivity contribution in [3.63, 3.8) is 0 Å². The molecule has 0 radical (unpaired) electrons. The number of benzene rings is 2. The fourth-order valence-corrected chi connectivity index (χ4v) is 3.64. The van der Waals surface area contributed by atoms with Gasteiger partial charge in [-0.05, 0) is 61.2 Å². The highest BCUT2D eigenvalue weighted by Gasteiger charge is 2.24. The lowest BCUT2D eigenvalue weighted by molar-refractivity contribution is 0.0932. The first kappa shape index (κ1) is 18.2. The summed E-state index contributed by atoms with van der Waals surface area (Å²) >= 11 is 0. The summed E-state index contributed by atoms with van der Waals surface area (Å²) in [6, 6.07) is 16.0. The zero-order chi connectivity index (χ0) is 19.5. The maximum absolute atomic E-state index is 13.1. The number of carbonyl (C=O) groups excluding carboxylic acids is 1. The van der Waals surface area contributed by atoms with E-state index in [0.29, 0.717) is 6.54 Å². The van der Waals surface area contributed by atoms with Gasteiger partial charge in [-0.2, -0.15) is 5.10 Å². The van der Waals surface area contributed by atoms with Gasteiger partial charge in [-0.15, -0.1) is 0 Å². The van der Waals surface area contributed by atoms with E-state index in [1.165, 1.54) is 12.1 Å². The van der Waals surface area contributed by atoms with Crippen LogP contribution in [0.3, 0.4) is 0 Å². The molecule has 28 heavy (non-hydrogen) atoms. The van der Waals surface area contributed by atoms with Gasteiger partial charge in [0.2, 0.25) is 0 Å². The van der Waals surface area contributed by atoms with Gasteiger partial charge in [-0.3, -0.25) is 9.89 Å². The van der Waals surface area contributed by atoms with Gasteiger partial charge < -0.3 is 10.2 Å². The minimum atomic E-state index is -0.258. The van der Waals surface area contributed by atoms with Crippen LogP contribution in [-0.4, -0.2) is 35.2 Å². The number of anilines is 1. The van der Waals surface area contributed by atoms with Crippen molar-refractivity contribution in [1.82, 2.24) is 15.5 Å². The summed E-state index contributed by atoms with van der Waals surface area (Å²) in [4.78, 5) is 14.8. The van der Waals surface area contributed by atoms with Crippen molar-refractivity contribution in [3.05, 3.63) is 71.5 Å². The van der Waals surface area contributed by atoms with Crippen LogP contribution >= 0.6 is 0 Å². The number of amides is 1. The molecule has 1 fully saturated rings. The lowest BCUT2D eigenvalue weighted by Crippen LogP contribution is -2.48. The molecule has 1 atom stereocenters. The van der Waals surface area contributed by atoms with E-state index in [2.05, 4.69) is 20.4 Å². The van der Waals surface area contributed by atoms with Crippen LogP contribution in [0.25, 0.3) is 11.3 Å².